The van der Waals surface area contributed by atoms with E-state index in [9.17, 15) is 0 Å². The molecule has 1 aromatic rings. The first kappa shape index (κ1) is 10.8. The molecule has 0 saturated heterocycles. The number of para-hydroxylation sites is 1. The second-order valence-corrected chi connectivity index (χ2v) is 2.89. The molecule has 0 bridgehead atoms. The zero-order valence-corrected chi connectivity index (χ0v) is 8.51. The highest BCUT2D eigenvalue weighted by atomic mass is 15.1. The quantitative estimate of drug-likeness (QED) is 0.699. The minimum Gasteiger partial charge on any atom is -0.346 e. The fourth-order valence-electron chi connectivity index (χ4n) is 1.21. The van der Waals surface area contributed by atoms with Crippen molar-refractivity contribution in [2.24, 2.45) is 0 Å². The van der Waals surface area contributed by atoms with E-state index in [0.717, 1.165) is 12.2 Å². The maximum Gasteiger partial charge on any atom is 0.145 e. The lowest BCUT2D eigenvalue weighted by atomic mass is 10.2. The summed E-state index contributed by atoms with van der Waals surface area (Å²) in [4.78, 5) is 1.86. The summed E-state index contributed by atoms with van der Waals surface area (Å²) in [6, 6.07) is 13.3. The lowest BCUT2D eigenvalue weighted by Gasteiger charge is -2.17. The van der Waals surface area contributed by atoms with Crippen LogP contribution in [-0.4, -0.2) is 6.54 Å². The Balaban J connectivity index is 2.98. The zero-order valence-electron chi connectivity index (χ0n) is 8.51. The first-order chi connectivity index (χ1) is 7.31. The minimum absolute atomic E-state index is 0.112. The molecule has 3 nitrogen and oxygen atoms in total. The Kier molecular flexibility index (Phi) is 3.94. The number of hydrogen-bond acceptors (Lipinski definition) is 3. The van der Waals surface area contributed by atoms with Gasteiger partial charge in [-0.05, 0) is 19.1 Å². The van der Waals surface area contributed by atoms with E-state index >= 15 is 0 Å². The molecule has 0 radical (unpaired) electrons. The number of nitrogens with zero attached hydrogens (tertiary/aromatic N) is 3. The van der Waals surface area contributed by atoms with Crippen molar-refractivity contribution in [1.82, 2.24) is 0 Å². The Morgan fingerprint density at radius 2 is 1.87 bits per heavy atom. The highest BCUT2D eigenvalue weighted by Crippen LogP contribution is 2.14. The van der Waals surface area contributed by atoms with Gasteiger partial charge in [0.1, 0.15) is 17.7 Å². The average Bonchev–Trinajstić information content (AvgIpc) is 2.32. The smallest absolute Gasteiger partial charge is 0.145 e. The molecule has 1 aromatic carbocycles. The molecule has 0 fully saturated rings. The molecule has 0 aliphatic carbocycles. The molecular formula is C12H11N3. The number of hydrogen-bond donors (Lipinski definition) is 0. The van der Waals surface area contributed by atoms with Crippen LogP contribution in [0.2, 0.25) is 0 Å². The van der Waals surface area contributed by atoms with Crippen molar-refractivity contribution in [3.8, 4) is 12.1 Å². The molecule has 0 spiro atoms. The summed E-state index contributed by atoms with van der Waals surface area (Å²) in [5.74, 6) is 0. The highest BCUT2D eigenvalue weighted by molar-refractivity contribution is 5.52. The van der Waals surface area contributed by atoms with Crippen molar-refractivity contribution in [2.75, 3.05) is 11.4 Å². The third kappa shape index (κ3) is 2.86. The van der Waals surface area contributed by atoms with Gasteiger partial charge < -0.3 is 4.90 Å². The van der Waals surface area contributed by atoms with E-state index in [1.165, 1.54) is 0 Å². The Hall–Kier alpha value is -2.26. The zero-order chi connectivity index (χ0) is 11.1. The van der Waals surface area contributed by atoms with Crippen molar-refractivity contribution < 1.29 is 0 Å². The van der Waals surface area contributed by atoms with Crippen molar-refractivity contribution in [1.29, 1.82) is 10.5 Å². The van der Waals surface area contributed by atoms with E-state index in [4.69, 9.17) is 10.5 Å². The predicted octanol–water partition coefficient (Wildman–Crippen LogP) is 2.44. The predicted molar refractivity (Wildman–Crippen MR) is 58.8 cm³/mol. The molecule has 0 aromatic heterocycles. The Bertz CT molecular complexity index is 404. The van der Waals surface area contributed by atoms with E-state index in [1.54, 1.807) is 6.20 Å². The maximum atomic E-state index is 8.65. The Morgan fingerprint density at radius 3 is 2.33 bits per heavy atom. The van der Waals surface area contributed by atoms with E-state index in [1.807, 2.05) is 54.3 Å². The number of nitriles is 2. The van der Waals surface area contributed by atoms with Crippen LogP contribution in [0.3, 0.4) is 0 Å². The third-order valence-electron chi connectivity index (χ3n) is 1.95. The molecule has 0 amide bonds. The summed E-state index contributed by atoms with van der Waals surface area (Å²) in [7, 11) is 0. The summed E-state index contributed by atoms with van der Waals surface area (Å²) in [5, 5.41) is 17.3. The first-order valence-electron chi connectivity index (χ1n) is 4.65. The van der Waals surface area contributed by atoms with E-state index in [2.05, 4.69) is 0 Å². The van der Waals surface area contributed by atoms with Crippen LogP contribution in [0.15, 0.2) is 42.1 Å². The Morgan fingerprint density at radius 1 is 1.27 bits per heavy atom. The molecule has 1 rings (SSSR count). The van der Waals surface area contributed by atoms with Gasteiger partial charge in [-0.2, -0.15) is 10.5 Å². The molecule has 0 aliphatic heterocycles. The number of rotatable bonds is 3. The highest BCUT2D eigenvalue weighted by Gasteiger charge is 2.01. The van der Waals surface area contributed by atoms with Crippen molar-refractivity contribution in [2.45, 2.75) is 6.92 Å². The lowest BCUT2D eigenvalue weighted by Crippen LogP contribution is -2.15. The van der Waals surface area contributed by atoms with Gasteiger partial charge in [0.2, 0.25) is 0 Å². The van der Waals surface area contributed by atoms with Crippen LogP contribution in [0.25, 0.3) is 0 Å². The maximum absolute atomic E-state index is 8.65. The van der Waals surface area contributed by atoms with Crippen molar-refractivity contribution in [3.63, 3.8) is 0 Å². The van der Waals surface area contributed by atoms with Crippen LogP contribution in [-0.2, 0) is 0 Å². The summed E-state index contributed by atoms with van der Waals surface area (Å²) >= 11 is 0. The molecule has 3 heteroatoms. The molecular weight excluding hydrogens is 186 g/mol. The number of allylic oxidation sites excluding steroid dienone is 1. The van der Waals surface area contributed by atoms with Crippen LogP contribution in [0.4, 0.5) is 5.69 Å². The number of anilines is 1. The fraction of sp³-hybridized carbons (Fsp3) is 0.167. The van der Waals surface area contributed by atoms with Gasteiger partial charge in [-0.15, -0.1) is 0 Å². The van der Waals surface area contributed by atoms with Gasteiger partial charge >= 0.3 is 0 Å². The van der Waals surface area contributed by atoms with Gasteiger partial charge in [-0.3, -0.25) is 0 Å². The molecule has 0 atom stereocenters. The molecule has 15 heavy (non-hydrogen) atoms. The topological polar surface area (TPSA) is 50.8 Å². The molecule has 0 saturated carbocycles. The van der Waals surface area contributed by atoms with Crippen LogP contribution in [0.5, 0.6) is 0 Å². The first-order valence-corrected chi connectivity index (χ1v) is 4.65. The largest absolute Gasteiger partial charge is 0.346 e. The van der Waals surface area contributed by atoms with Gasteiger partial charge in [0.05, 0.1) is 0 Å². The van der Waals surface area contributed by atoms with Crippen LogP contribution in [0, 0.1) is 22.7 Å². The molecule has 74 valence electrons. The minimum atomic E-state index is 0.112. The van der Waals surface area contributed by atoms with Gasteiger partial charge in [-0.25, -0.2) is 0 Å². The second kappa shape index (κ2) is 5.47. The van der Waals surface area contributed by atoms with E-state index < -0.39 is 0 Å². The summed E-state index contributed by atoms with van der Waals surface area (Å²) in [6.07, 6.45) is 1.56. The monoisotopic (exact) mass is 197 g/mol. The summed E-state index contributed by atoms with van der Waals surface area (Å²) < 4.78 is 0. The third-order valence-corrected chi connectivity index (χ3v) is 1.95. The average molecular weight is 197 g/mol. The van der Waals surface area contributed by atoms with Crippen LogP contribution in [0.1, 0.15) is 6.92 Å². The SMILES string of the molecule is CCN(C=C(C#N)C#N)c1ccccc1. The molecule has 0 heterocycles. The molecule has 0 unspecified atom stereocenters. The number of benzene rings is 1. The lowest BCUT2D eigenvalue weighted by molar-refractivity contribution is 1.01. The fourth-order valence-corrected chi connectivity index (χ4v) is 1.21. The van der Waals surface area contributed by atoms with E-state index in [-0.39, 0.29) is 5.57 Å². The molecule has 0 N–H and O–H groups in total. The Labute approximate surface area is 89.5 Å². The summed E-state index contributed by atoms with van der Waals surface area (Å²) in [6.45, 7) is 2.69. The van der Waals surface area contributed by atoms with Gasteiger partial charge in [0.15, 0.2) is 0 Å². The van der Waals surface area contributed by atoms with Gasteiger partial charge in [0, 0.05) is 18.4 Å². The standard InChI is InChI=1S/C12H11N3/c1-2-15(10-11(8-13)9-14)12-6-4-3-5-7-12/h3-7,10H,2H2,1H3. The molecule has 0 aliphatic rings. The van der Waals surface area contributed by atoms with E-state index in [0.29, 0.717) is 0 Å². The van der Waals surface area contributed by atoms with Crippen molar-refractivity contribution >= 4 is 5.69 Å². The summed E-state index contributed by atoms with van der Waals surface area (Å²) in [5.41, 5.74) is 1.09. The van der Waals surface area contributed by atoms with Crippen molar-refractivity contribution in [3.05, 3.63) is 42.1 Å². The second-order valence-electron chi connectivity index (χ2n) is 2.89. The van der Waals surface area contributed by atoms with Crippen LogP contribution >= 0.6 is 0 Å². The van der Waals surface area contributed by atoms with Gasteiger partial charge in [0.25, 0.3) is 0 Å². The normalized spacial score (nSPS) is 8.47. The van der Waals surface area contributed by atoms with Crippen LogP contribution < -0.4 is 4.90 Å². The van der Waals surface area contributed by atoms with Gasteiger partial charge in [-0.1, -0.05) is 18.2 Å².